The third-order valence-corrected chi connectivity index (χ3v) is 3.20. The molecule has 0 radical (unpaired) electrons. The highest BCUT2D eigenvalue weighted by atomic mass is 35.5. The number of hydrogen-bond donors (Lipinski definition) is 2. The lowest BCUT2D eigenvalue weighted by Crippen LogP contribution is -2.29. The van der Waals surface area contributed by atoms with E-state index in [1.807, 2.05) is 0 Å². The monoisotopic (exact) mass is 334 g/mol. The molecule has 0 bridgehead atoms. The van der Waals surface area contributed by atoms with Crippen LogP contribution in [0, 0.1) is 0 Å². The molecule has 2 aromatic carbocycles. The molecule has 6 nitrogen and oxygen atoms in total. The summed E-state index contributed by atoms with van der Waals surface area (Å²) < 4.78 is 10.2. The third-order valence-electron chi connectivity index (χ3n) is 2.95. The maximum Gasteiger partial charge on any atom is 0.314 e. The Hall–Kier alpha value is -2.73. The molecule has 2 aromatic rings. The van der Waals surface area contributed by atoms with E-state index in [-0.39, 0.29) is 0 Å². The molecule has 2 rings (SSSR count). The molecule has 23 heavy (non-hydrogen) atoms. The minimum Gasteiger partial charge on any atom is -0.493 e. The number of benzene rings is 2. The lowest BCUT2D eigenvalue weighted by Gasteiger charge is -2.10. The van der Waals surface area contributed by atoms with Crippen LogP contribution >= 0.6 is 11.6 Å². The number of nitrogens with one attached hydrogen (secondary N) is 2. The first-order chi connectivity index (χ1) is 11.0. The van der Waals surface area contributed by atoms with Crippen LogP contribution in [0.1, 0.15) is 0 Å². The zero-order valence-electron chi connectivity index (χ0n) is 12.6. The van der Waals surface area contributed by atoms with Gasteiger partial charge in [0.1, 0.15) is 0 Å². The number of anilines is 2. The second-order valence-electron chi connectivity index (χ2n) is 4.48. The number of ether oxygens (including phenoxy) is 2. The van der Waals surface area contributed by atoms with E-state index in [0.717, 1.165) is 0 Å². The van der Waals surface area contributed by atoms with Crippen molar-refractivity contribution in [3.8, 4) is 11.5 Å². The Morgan fingerprint density at radius 2 is 1.35 bits per heavy atom. The molecule has 7 heteroatoms. The van der Waals surface area contributed by atoms with E-state index in [4.69, 9.17) is 21.1 Å². The Morgan fingerprint density at radius 1 is 0.826 bits per heavy atom. The van der Waals surface area contributed by atoms with Gasteiger partial charge in [0.2, 0.25) is 0 Å². The Morgan fingerprint density at radius 3 is 1.91 bits per heavy atom. The van der Waals surface area contributed by atoms with Crippen molar-refractivity contribution in [1.29, 1.82) is 0 Å². The quantitative estimate of drug-likeness (QED) is 0.843. The number of hydrogen-bond acceptors (Lipinski definition) is 4. The van der Waals surface area contributed by atoms with Crippen molar-refractivity contribution in [1.82, 2.24) is 0 Å². The van der Waals surface area contributed by atoms with Crippen LogP contribution < -0.4 is 20.1 Å². The molecule has 0 aromatic heterocycles. The molecule has 0 heterocycles. The van der Waals surface area contributed by atoms with Crippen LogP contribution in [0.15, 0.2) is 42.5 Å². The summed E-state index contributed by atoms with van der Waals surface area (Å²) in [6.45, 7) is 0. The summed E-state index contributed by atoms with van der Waals surface area (Å²) in [6, 6.07) is 11.2. The highest BCUT2D eigenvalue weighted by Crippen LogP contribution is 2.29. The highest BCUT2D eigenvalue weighted by Gasteiger charge is 2.15. The highest BCUT2D eigenvalue weighted by molar-refractivity contribution is 6.43. The van der Waals surface area contributed by atoms with Crippen LogP contribution in [0.2, 0.25) is 5.02 Å². The van der Waals surface area contributed by atoms with E-state index in [9.17, 15) is 9.59 Å². The van der Waals surface area contributed by atoms with E-state index in [1.165, 1.54) is 14.2 Å². The van der Waals surface area contributed by atoms with E-state index >= 15 is 0 Å². The summed E-state index contributed by atoms with van der Waals surface area (Å²) in [5.41, 5.74) is 0.890. The molecular formula is C16H15ClN2O4. The summed E-state index contributed by atoms with van der Waals surface area (Å²) in [6.07, 6.45) is 0. The maximum absolute atomic E-state index is 11.9. The Balaban J connectivity index is 2.03. The van der Waals surface area contributed by atoms with Crippen molar-refractivity contribution >= 4 is 34.8 Å². The Kier molecular flexibility index (Phi) is 5.43. The molecule has 0 aliphatic rings. The smallest absolute Gasteiger partial charge is 0.314 e. The first-order valence-corrected chi connectivity index (χ1v) is 7.01. The van der Waals surface area contributed by atoms with Gasteiger partial charge in [0, 0.05) is 22.5 Å². The Bertz CT molecular complexity index is 717. The van der Waals surface area contributed by atoms with Crippen molar-refractivity contribution < 1.29 is 19.1 Å². The van der Waals surface area contributed by atoms with Crippen LogP contribution in [0.25, 0.3) is 0 Å². The first-order valence-electron chi connectivity index (χ1n) is 6.63. The molecule has 0 saturated carbocycles. The minimum absolute atomic E-state index is 0.416. The predicted molar refractivity (Wildman–Crippen MR) is 88.3 cm³/mol. The van der Waals surface area contributed by atoms with E-state index < -0.39 is 11.8 Å². The van der Waals surface area contributed by atoms with E-state index in [1.54, 1.807) is 42.5 Å². The normalized spacial score (nSPS) is 9.87. The molecule has 0 saturated heterocycles. The topological polar surface area (TPSA) is 76.7 Å². The van der Waals surface area contributed by atoms with Gasteiger partial charge in [0.15, 0.2) is 11.5 Å². The van der Waals surface area contributed by atoms with Gasteiger partial charge in [-0.15, -0.1) is 0 Å². The molecule has 0 fully saturated rings. The van der Waals surface area contributed by atoms with Crippen molar-refractivity contribution in [3.05, 3.63) is 47.5 Å². The standard InChI is InChI=1S/C16H15ClN2O4/c1-22-13-8-7-12(9-14(13)23-2)19-16(21)15(20)18-11-5-3-10(17)4-6-11/h3-9H,1-2H3,(H,18,20)(H,19,21). The van der Waals surface area contributed by atoms with Gasteiger partial charge in [-0.2, -0.15) is 0 Å². The summed E-state index contributed by atoms with van der Waals surface area (Å²) >= 11 is 5.76. The number of carbonyl (C=O) groups is 2. The summed E-state index contributed by atoms with van der Waals surface area (Å²) in [5, 5.41) is 5.50. The predicted octanol–water partition coefficient (Wildman–Crippen LogP) is 2.93. The van der Waals surface area contributed by atoms with Gasteiger partial charge in [-0.25, -0.2) is 0 Å². The van der Waals surface area contributed by atoms with Crippen LogP contribution in [0.5, 0.6) is 11.5 Å². The van der Waals surface area contributed by atoms with Gasteiger partial charge in [0.05, 0.1) is 14.2 Å². The zero-order valence-corrected chi connectivity index (χ0v) is 13.3. The summed E-state index contributed by atoms with van der Waals surface area (Å²) in [4.78, 5) is 23.8. The van der Waals surface area contributed by atoms with Crippen LogP contribution in [-0.2, 0) is 9.59 Å². The Labute approximate surface area is 138 Å². The fraction of sp³-hybridized carbons (Fsp3) is 0.125. The minimum atomic E-state index is -0.799. The van der Waals surface area contributed by atoms with Crippen molar-refractivity contribution in [2.75, 3.05) is 24.9 Å². The molecule has 0 unspecified atom stereocenters. The second kappa shape index (κ2) is 7.51. The molecule has 2 amide bonds. The van der Waals surface area contributed by atoms with Crippen LogP contribution in [0.3, 0.4) is 0 Å². The molecule has 0 aliphatic carbocycles. The van der Waals surface area contributed by atoms with Gasteiger partial charge in [0.25, 0.3) is 0 Å². The largest absolute Gasteiger partial charge is 0.493 e. The van der Waals surface area contributed by atoms with Crippen molar-refractivity contribution in [2.45, 2.75) is 0 Å². The molecule has 0 spiro atoms. The number of rotatable bonds is 4. The molecule has 2 N–H and O–H groups in total. The average molecular weight is 335 g/mol. The van der Waals surface area contributed by atoms with Gasteiger partial charge in [-0.1, -0.05) is 11.6 Å². The lowest BCUT2D eigenvalue weighted by molar-refractivity contribution is -0.132. The third kappa shape index (κ3) is 4.37. The first kappa shape index (κ1) is 16.6. The van der Waals surface area contributed by atoms with Gasteiger partial charge < -0.3 is 20.1 Å². The maximum atomic E-state index is 11.9. The fourth-order valence-electron chi connectivity index (χ4n) is 1.82. The number of halogens is 1. The van der Waals surface area contributed by atoms with Crippen LogP contribution in [-0.4, -0.2) is 26.0 Å². The average Bonchev–Trinajstić information content (AvgIpc) is 2.56. The molecule has 0 atom stereocenters. The van der Waals surface area contributed by atoms with E-state index in [2.05, 4.69) is 10.6 Å². The van der Waals surface area contributed by atoms with Gasteiger partial charge in [-0.05, 0) is 36.4 Å². The SMILES string of the molecule is COc1ccc(NC(=O)C(=O)Nc2ccc(Cl)cc2)cc1OC. The van der Waals surface area contributed by atoms with Gasteiger partial charge >= 0.3 is 11.8 Å². The molecular weight excluding hydrogens is 320 g/mol. The van der Waals surface area contributed by atoms with Crippen molar-refractivity contribution in [3.63, 3.8) is 0 Å². The second-order valence-corrected chi connectivity index (χ2v) is 4.92. The summed E-state index contributed by atoms with van der Waals surface area (Å²) in [7, 11) is 2.99. The molecule has 0 aliphatic heterocycles. The zero-order chi connectivity index (χ0) is 16.8. The fourth-order valence-corrected chi connectivity index (χ4v) is 1.95. The summed E-state index contributed by atoms with van der Waals surface area (Å²) in [5.74, 6) is -0.617. The number of methoxy groups -OCH3 is 2. The molecule has 120 valence electrons. The van der Waals surface area contributed by atoms with Crippen LogP contribution in [0.4, 0.5) is 11.4 Å². The number of amides is 2. The van der Waals surface area contributed by atoms with Crippen molar-refractivity contribution in [2.24, 2.45) is 0 Å². The van der Waals surface area contributed by atoms with E-state index in [0.29, 0.717) is 27.9 Å². The lowest BCUT2D eigenvalue weighted by atomic mass is 10.2. The number of carbonyl (C=O) groups excluding carboxylic acids is 2. The van der Waals surface area contributed by atoms with Gasteiger partial charge in [-0.3, -0.25) is 9.59 Å².